The van der Waals surface area contributed by atoms with E-state index in [4.69, 9.17) is 4.74 Å². The van der Waals surface area contributed by atoms with Gasteiger partial charge >= 0.3 is 12.1 Å². The second-order valence-corrected chi connectivity index (χ2v) is 5.81. The number of aryl methyl sites for hydroxylation is 1. The molecular formula is C19H16F3NO3. The van der Waals surface area contributed by atoms with E-state index in [-0.39, 0.29) is 18.1 Å². The van der Waals surface area contributed by atoms with Crippen LogP contribution in [-0.2, 0) is 12.6 Å². The molecule has 3 aromatic rings. The number of aromatic nitrogens is 1. The molecule has 136 valence electrons. The molecule has 0 fully saturated rings. The monoisotopic (exact) mass is 363 g/mol. The number of aromatic carboxylic acids is 1. The Morgan fingerprint density at radius 3 is 2.62 bits per heavy atom. The summed E-state index contributed by atoms with van der Waals surface area (Å²) in [7, 11) is 0. The third-order valence-corrected chi connectivity index (χ3v) is 4.03. The van der Waals surface area contributed by atoms with Crippen LogP contribution < -0.4 is 4.74 Å². The number of H-pyrrole nitrogens is 1. The topological polar surface area (TPSA) is 62.3 Å². The molecule has 0 unspecified atom stereocenters. The molecule has 0 aliphatic rings. The van der Waals surface area contributed by atoms with Gasteiger partial charge in [0.2, 0.25) is 0 Å². The van der Waals surface area contributed by atoms with Gasteiger partial charge in [-0.3, -0.25) is 0 Å². The van der Waals surface area contributed by atoms with Crippen LogP contribution in [0.3, 0.4) is 0 Å². The molecule has 0 aliphatic carbocycles. The number of carboxylic acid groups (broad SMARTS) is 1. The van der Waals surface area contributed by atoms with Crippen molar-refractivity contribution in [1.29, 1.82) is 0 Å². The van der Waals surface area contributed by atoms with Gasteiger partial charge in [0.1, 0.15) is 11.4 Å². The average molecular weight is 363 g/mol. The second kappa shape index (κ2) is 7.11. The number of fused-ring (bicyclic) bond motifs is 1. The minimum Gasteiger partial charge on any atom is -0.494 e. The van der Waals surface area contributed by atoms with E-state index in [1.165, 1.54) is 12.1 Å². The van der Waals surface area contributed by atoms with Gasteiger partial charge in [-0.05, 0) is 42.7 Å². The molecule has 2 aromatic carbocycles. The SMILES string of the molecule is O=C(O)c1[nH]c2ccccc2c1CCCOc1cccc(C(F)(F)F)c1. The molecule has 1 aromatic heterocycles. The highest BCUT2D eigenvalue weighted by Gasteiger charge is 2.30. The Labute approximate surface area is 147 Å². The highest BCUT2D eigenvalue weighted by atomic mass is 19.4. The Bertz CT molecular complexity index is 931. The van der Waals surface area contributed by atoms with Gasteiger partial charge in [0, 0.05) is 10.9 Å². The summed E-state index contributed by atoms with van der Waals surface area (Å²) in [6.07, 6.45) is -3.51. The highest BCUT2D eigenvalue weighted by molar-refractivity contribution is 5.97. The largest absolute Gasteiger partial charge is 0.494 e. The normalized spacial score (nSPS) is 11.7. The molecule has 0 spiro atoms. The summed E-state index contributed by atoms with van der Waals surface area (Å²) in [5.74, 6) is -0.910. The van der Waals surface area contributed by atoms with Crippen molar-refractivity contribution in [3.63, 3.8) is 0 Å². The van der Waals surface area contributed by atoms with Gasteiger partial charge in [0.15, 0.2) is 0 Å². The standard InChI is InChI=1S/C19H16F3NO3/c20-19(21,22)12-5-3-6-13(11-12)26-10-4-8-15-14-7-1-2-9-16(14)23-17(15)18(24)25/h1-3,5-7,9,11,23H,4,8,10H2,(H,24,25). The van der Waals surface area contributed by atoms with Crippen LogP contribution in [0.1, 0.15) is 28.0 Å². The summed E-state index contributed by atoms with van der Waals surface area (Å²) >= 11 is 0. The molecule has 0 radical (unpaired) electrons. The number of halogens is 3. The Morgan fingerprint density at radius 1 is 1.12 bits per heavy atom. The summed E-state index contributed by atoms with van der Waals surface area (Å²) < 4.78 is 43.5. The molecule has 26 heavy (non-hydrogen) atoms. The van der Waals surface area contributed by atoms with Gasteiger partial charge in [-0.15, -0.1) is 0 Å². The van der Waals surface area contributed by atoms with Crippen LogP contribution in [0.4, 0.5) is 13.2 Å². The number of rotatable bonds is 6. The molecule has 7 heteroatoms. The van der Waals surface area contributed by atoms with Crippen molar-refractivity contribution in [2.24, 2.45) is 0 Å². The van der Waals surface area contributed by atoms with Crippen molar-refractivity contribution in [1.82, 2.24) is 4.98 Å². The lowest BCUT2D eigenvalue weighted by molar-refractivity contribution is -0.137. The van der Waals surface area contributed by atoms with Gasteiger partial charge in [-0.25, -0.2) is 4.79 Å². The summed E-state index contributed by atoms with van der Waals surface area (Å²) in [6.45, 7) is 0.180. The first-order valence-electron chi connectivity index (χ1n) is 7.99. The molecule has 0 amide bonds. The fraction of sp³-hybridized carbons (Fsp3) is 0.211. The van der Waals surface area contributed by atoms with Crippen LogP contribution in [0.15, 0.2) is 48.5 Å². The fourth-order valence-electron chi connectivity index (χ4n) is 2.84. The number of aromatic amines is 1. The Kier molecular flexibility index (Phi) is 4.88. The van der Waals surface area contributed by atoms with E-state index in [9.17, 15) is 23.1 Å². The minimum atomic E-state index is -4.42. The average Bonchev–Trinajstić information content (AvgIpc) is 2.97. The molecule has 1 heterocycles. The van der Waals surface area contributed by atoms with E-state index in [2.05, 4.69) is 4.98 Å². The first-order chi connectivity index (χ1) is 12.4. The van der Waals surface area contributed by atoms with E-state index in [0.717, 1.165) is 23.0 Å². The Morgan fingerprint density at radius 2 is 1.88 bits per heavy atom. The predicted octanol–water partition coefficient (Wildman–Crippen LogP) is 4.90. The van der Waals surface area contributed by atoms with Crippen molar-refractivity contribution in [3.05, 3.63) is 65.4 Å². The maximum absolute atomic E-state index is 12.7. The Balaban J connectivity index is 1.67. The van der Waals surface area contributed by atoms with Gasteiger partial charge in [0.25, 0.3) is 0 Å². The van der Waals surface area contributed by atoms with Crippen molar-refractivity contribution in [3.8, 4) is 5.75 Å². The zero-order valence-electron chi connectivity index (χ0n) is 13.6. The van der Waals surface area contributed by atoms with Gasteiger partial charge in [0.05, 0.1) is 12.2 Å². The van der Waals surface area contributed by atoms with Gasteiger partial charge in [-0.2, -0.15) is 13.2 Å². The maximum Gasteiger partial charge on any atom is 0.416 e. The number of benzene rings is 2. The van der Waals surface area contributed by atoms with Gasteiger partial charge < -0.3 is 14.8 Å². The van der Waals surface area contributed by atoms with Gasteiger partial charge in [-0.1, -0.05) is 24.3 Å². The Hall–Kier alpha value is -2.96. The molecule has 0 atom stereocenters. The first kappa shape index (κ1) is 17.8. The van der Waals surface area contributed by atoms with E-state index in [0.29, 0.717) is 18.4 Å². The zero-order valence-corrected chi connectivity index (χ0v) is 13.6. The lowest BCUT2D eigenvalue weighted by Gasteiger charge is -2.10. The number of para-hydroxylation sites is 1. The van der Waals surface area contributed by atoms with E-state index in [1.807, 2.05) is 18.2 Å². The molecule has 0 aliphatic heterocycles. The van der Waals surface area contributed by atoms with Crippen LogP contribution in [0.5, 0.6) is 5.75 Å². The number of hydrogen-bond acceptors (Lipinski definition) is 2. The molecule has 0 saturated heterocycles. The zero-order chi connectivity index (χ0) is 18.7. The quantitative estimate of drug-likeness (QED) is 0.613. The molecule has 3 rings (SSSR count). The molecule has 2 N–H and O–H groups in total. The number of hydrogen-bond donors (Lipinski definition) is 2. The summed E-state index contributed by atoms with van der Waals surface area (Å²) in [5, 5.41) is 10.2. The van der Waals surface area contributed by atoms with E-state index >= 15 is 0 Å². The maximum atomic E-state index is 12.7. The lowest BCUT2D eigenvalue weighted by atomic mass is 10.1. The number of carbonyl (C=O) groups is 1. The number of ether oxygens (including phenoxy) is 1. The smallest absolute Gasteiger partial charge is 0.416 e. The fourth-order valence-corrected chi connectivity index (χ4v) is 2.84. The summed E-state index contributed by atoms with van der Waals surface area (Å²) in [4.78, 5) is 14.3. The van der Waals surface area contributed by atoms with Crippen LogP contribution >= 0.6 is 0 Å². The minimum absolute atomic E-state index is 0.130. The first-order valence-corrected chi connectivity index (χ1v) is 7.99. The number of nitrogens with one attached hydrogen (secondary N) is 1. The molecule has 0 bridgehead atoms. The van der Waals surface area contributed by atoms with Crippen molar-refractivity contribution >= 4 is 16.9 Å². The predicted molar refractivity (Wildman–Crippen MR) is 90.5 cm³/mol. The van der Waals surface area contributed by atoms with Crippen LogP contribution in [0, 0.1) is 0 Å². The second-order valence-electron chi connectivity index (χ2n) is 5.81. The number of alkyl halides is 3. The van der Waals surface area contributed by atoms with E-state index in [1.54, 1.807) is 6.07 Å². The molecular weight excluding hydrogens is 347 g/mol. The molecule has 0 saturated carbocycles. The third kappa shape index (κ3) is 3.82. The van der Waals surface area contributed by atoms with Crippen molar-refractivity contribution < 1.29 is 27.8 Å². The molecule has 4 nitrogen and oxygen atoms in total. The third-order valence-electron chi connectivity index (χ3n) is 4.03. The lowest BCUT2D eigenvalue weighted by Crippen LogP contribution is -2.06. The van der Waals surface area contributed by atoms with Crippen LogP contribution in [0.2, 0.25) is 0 Å². The van der Waals surface area contributed by atoms with Crippen LogP contribution in [0.25, 0.3) is 10.9 Å². The van der Waals surface area contributed by atoms with Crippen molar-refractivity contribution in [2.45, 2.75) is 19.0 Å². The van der Waals surface area contributed by atoms with Crippen LogP contribution in [-0.4, -0.2) is 22.7 Å². The van der Waals surface area contributed by atoms with Crippen molar-refractivity contribution in [2.75, 3.05) is 6.61 Å². The highest BCUT2D eigenvalue weighted by Crippen LogP contribution is 2.31. The number of carboxylic acids is 1. The van der Waals surface area contributed by atoms with E-state index < -0.39 is 17.7 Å². The summed E-state index contributed by atoms with van der Waals surface area (Å²) in [6, 6.07) is 12.0. The summed E-state index contributed by atoms with van der Waals surface area (Å²) in [5.41, 5.74) is 0.768.